The number of pyridine rings is 1. The summed E-state index contributed by atoms with van der Waals surface area (Å²) in [5.74, 6) is -0.351. The lowest BCUT2D eigenvalue weighted by Crippen LogP contribution is -2.55. The van der Waals surface area contributed by atoms with Crippen LogP contribution in [0.4, 0.5) is 18.9 Å². The standard InChI is InChI=1S/C21H27F3N6O3/c1-4-30-10-14(8-26-30)20(32)28-16-6-15(11-29(12-16)13(3)31)27-17-7-19(21(22,23)24)25-9-18(17)33-5-2/h7-10,15-16H,4-6,11-12H2,1-3H3,(H,25,27)(H,28,32)/t15-,16+/m1/s1. The van der Waals surface area contributed by atoms with Crippen LogP contribution in [0.5, 0.6) is 5.75 Å². The number of halogens is 3. The fourth-order valence-corrected chi connectivity index (χ4v) is 3.69. The summed E-state index contributed by atoms with van der Waals surface area (Å²) in [6.45, 7) is 6.45. The number of ether oxygens (including phenoxy) is 1. The van der Waals surface area contributed by atoms with E-state index >= 15 is 0 Å². The van der Waals surface area contributed by atoms with Gasteiger partial charge in [-0.05, 0) is 26.3 Å². The molecule has 1 fully saturated rings. The van der Waals surface area contributed by atoms with Gasteiger partial charge in [0.15, 0.2) is 5.75 Å². The first-order valence-electron chi connectivity index (χ1n) is 10.7. The van der Waals surface area contributed by atoms with Crippen molar-refractivity contribution >= 4 is 17.5 Å². The second-order valence-electron chi connectivity index (χ2n) is 7.75. The van der Waals surface area contributed by atoms with Crippen molar-refractivity contribution in [1.29, 1.82) is 0 Å². The number of nitrogens with one attached hydrogen (secondary N) is 2. The van der Waals surface area contributed by atoms with E-state index in [0.717, 1.165) is 12.3 Å². The molecule has 0 aromatic carbocycles. The van der Waals surface area contributed by atoms with E-state index < -0.39 is 24.0 Å². The molecule has 0 unspecified atom stereocenters. The molecule has 3 rings (SSSR count). The molecule has 12 heteroatoms. The Morgan fingerprint density at radius 2 is 1.94 bits per heavy atom. The fraction of sp³-hybridized carbons (Fsp3) is 0.524. The first kappa shape index (κ1) is 24.3. The Kier molecular flexibility index (Phi) is 7.44. The molecule has 1 aliphatic heterocycles. The molecule has 0 radical (unpaired) electrons. The molecule has 2 aromatic heterocycles. The van der Waals surface area contributed by atoms with Crippen molar-refractivity contribution in [2.45, 2.75) is 52.0 Å². The molecule has 0 aliphatic carbocycles. The Bertz CT molecular complexity index is 994. The number of carbonyl (C=O) groups is 2. The maximum atomic E-state index is 13.2. The Morgan fingerprint density at radius 1 is 1.21 bits per heavy atom. The van der Waals surface area contributed by atoms with E-state index in [0.29, 0.717) is 25.1 Å². The highest BCUT2D eigenvalue weighted by Crippen LogP contribution is 2.34. The van der Waals surface area contributed by atoms with Gasteiger partial charge in [-0.15, -0.1) is 0 Å². The SMILES string of the molecule is CCOc1cnc(C(F)(F)F)cc1N[C@@H]1C[C@H](NC(=O)c2cnn(CC)c2)CN(C(C)=O)C1. The third kappa shape index (κ3) is 6.14. The minimum absolute atomic E-state index is 0.129. The van der Waals surface area contributed by atoms with Crippen molar-refractivity contribution < 1.29 is 27.5 Å². The number of anilines is 1. The van der Waals surface area contributed by atoms with Gasteiger partial charge in [-0.2, -0.15) is 18.3 Å². The van der Waals surface area contributed by atoms with Gasteiger partial charge in [0.25, 0.3) is 5.91 Å². The van der Waals surface area contributed by atoms with Crippen LogP contribution >= 0.6 is 0 Å². The number of alkyl halides is 3. The molecule has 3 heterocycles. The van der Waals surface area contributed by atoms with Gasteiger partial charge in [0.05, 0.1) is 30.3 Å². The fourth-order valence-electron chi connectivity index (χ4n) is 3.69. The lowest BCUT2D eigenvalue weighted by atomic mass is 9.99. The van der Waals surface area contributed by atoms with E-state index in [1.807, 2.05) is 6.92 Å². The van der Waals surface area contributed by atoms with E-state index in [9.17, 15) is 22.8 Å². The monoisotopic (exact) mass is 468 g/mol. The number of nitrogens with zero attached hydrogens (tertiary/aromatic N) is 4. The molecule has 2 amide bonds. The summed E-state index contributed by atoms with van der Waals surface area (Å²) in [6.07, 6.45) is -0.0963. The van der Waals surface area contributed by atoms with Crippen molar-refractivity contribution in [2.75, 3.05) is 25.0 Å². The summed E-state index contributed by atoms with van der Waals surface area (Å²) in [6, 6.07) is 0.0656. The molecule has 2 aromatic rings. The van der Waals surface area contributed by atoms with Gasteiger partial charge in [0.1, 0.15) is 5.69 Å². The summed E-state index contributed by atoms with van der Waals surface area (Å²) < 4.78 is 46.6. The predicted molar refractivity (Wildman–Crippen MR) is 114 cm³/mol. The highest BCUT2D eigenvalue weighted by Gasteiger charge is 2.35. The number of hydrogen-bond acceptors (Lipinski definition) is 6. The van der Waals surface area contributed by atoms with Crippen molar-refractivity contribution in [2.24, 2.45) is 0 Å². The zero-order chi connectivity index (χ0) is 24.2. The number of aryl methyl sites for hydroxylation is 1. The van der Waals surface area contributed by atoms with Gasteiger partial charge >= 0.3 is 6.18 Å². The summed E-state index contributed by atoms with van der Waals surface area (Å²) >= 11 is 0. The van der Waals surface area contributed by atoms with Crippen molar-refractivity contribution in [1.82, 2.24) is 25.0 Å². The normalized spacial score (nSPS) is 18.7. The molecule has 9 nitrogen and oxygen atoms in total. The molecule has 0 spiro atoms. The van der Waals surface area contributed by atoms with Crippen LogP contribution in [0.2, 0.25) is 0 Å². The van der Waals surface area contributed by atoms with Gasteiger partial charge in [-0.25, -0.2) is 4.98 Å². The molecule has 1 aliphatic rings. The molecule has 2 N–H and O–H groups in total. The first-order chi connectivity index (χ1) is 15.6. The van der Waals surface area contributed by atoms with Crippen LogP contribution in [0.3, 0.4) is 0 Å². The maximum absolute atomic E-state index is 13.2. The molecule has 0 bridgehead atoms. The number of piperidine rings is 1. The van der Waals surface area contributed by atoms with Crippen LogP contribution in [0, 0.1) is 0 Å². The molecule has 2 atom stereocenters. The topological polar surface area (TPSA) is 101 Å². The molecule has 33 heavy (non-hydrogen) atoms. The zero-order valence-electron chi connectivity index (χ0n) is 18.6. The summed E-state index contributed by atoms with van der Waals surface area (Å²) in [4.78, 5) is 29.7. The summed E-state index contributed by atoms with van der Waals surface area (Å²) in [7, 11) is 0. The number of carbonyl (C=O) groups excluding carboxylic acids is 2. The Morgan fingerprint density at radius 3 is 2.55 bits per heavy atom. The largest absolute Gasteiger partial charge is 0.490 e. The zero-order valence-corrected chi connectivity index (χ0v) is 18.6. The molecular formula is C21H27F3N6O3. The number of aromatic nitrogens is 3. The van der Waals surface area contributed by atoms with Gasteiger partial charge < -0.3 is 20.3 Å². The predicted octanol–water partition coefficient (Wildman–Crippen LogP) is 2.55. The van der Waals surface area contributed by atoms with Crippen molar-refractivity contribution in [3.63, 3.8) is 0 Å². The van der Waals surface area contributed by atoms with Crippen LogP contribution < -0.4 is 15.4 Å². The third-order valence-electron chi connectivity index (χ3n) is 5.27. The average Bonchev–Trinajstić information content (AvgIpc) is 3.24. The van der Waals surface area contributed by atoms with E-state index in [1.165, 1.54) is 13.1 Å². The summed E-state index contributed by atoms with van der Waals surface area (Å²) in [5.41, 5.74) is -0.529. The van der Waals surface area contributed by atoms with Gasteiger partial charge in [-0.1, -0.05) is 0 Å². The maximum Gasteiger partial charge on any atom is 0.433 e. The van der Waals surface area contributed by atoms with Gasteiger partial charge in [-0.3, -0.25) is 14.3 Å². The van der Waals surface area contributed by atoms with Crippen molar-refractivity contribution in [3.05, 3.63) is 35.9 Å². The van der Waals surface area contributed by atoms with E-state index in [-0.39, 0.29) is 36.4 Å². The molecular weight excluding hydrogens is 441 g/mol. The van der Waals surface area contributed by atoms with E-state index in [1.54, 1.807) is 22.7 Å². The van der Waals surface area contributed by atoms with Crippen LogP contribution in [0.25, 0.3) is 0 Å². The lowest BCUT2D eigenvalue weighted by molar-refractivity contribution is -0.141. The van der Waals surface area contributed by atoms with Crippen LogP contribution in [-0.4, -0.2) is 63.3 Å². The summed E-state index contributed by atoms with van der Waals surface area (Å²) in [5, 5.41) is 10.0. The highest BCUT2D eigenvalue weighted by molar-refractivity contribution is 5.94. The smallest absolute Gasteiger partial charge is 0.433 e. The minimum Gasteiger partial charge on any atom is -0.490 e. The average molecular weight is 468 g/mol. The number of hydrogen-bond donors (Lipinski definition) is 2. The Labute approximate surface area is 189 Å². The van der Waals surface area contributed by atoms with Crippen LogP contribution in [0.1, 0.15) is 43.2 Å². The van der Waals surface area contributed by atoms with Gasteiger partial charge in [0.2, 0.25) is 5.91 Å². The number of rotatable bonds is 7. The van der Waals surface area contributed by atoms with E-state index in [2.05, 4.69) is 20.7 Å². The molecule has 180 valence electrons. The highest BCUT2D eigenvalue weighted by atomic mass is 19.4. The lowest BCUT2D eigenvalue weighted by Gasteiger charge is -2.38. The Hall–Kier alpha value is -3.31. The van der Waals surface area contributed by atoms with E-state index in [4.69, 9.17) is 4.74 Å². The van der Waals surface area contributed by atoms with Gasteiger partial charge in [0, 0.05) is 44.8 Å². The minimum atomic E-state index is -4.61. The molecule has 0 saturated carbocycles. The Balaban J connectivity index is 1.79. The second kappa shape index (κ2) is 10.1. The van der Waals surface area contributed by atoms with Crippen LogP contribution in [-0.2, 0) is 17.5 Å². The number of likely N-dealkylation sites (tertiary alicyclic amines) is 1. The first-order valence-corrected chi connectivity index (χ1v) is 10.7. The second-order valence-corrected chi connectivity index (χ2v) is 7.75. The quantitative estimate of drug-likeness (QED) is 0.648. The van der Waals surface area contributed by atoms with Crippen LogP contribution in [0.15, 0.2) is 24.7 Å². The molecule has 1 saturated heterocycles. The number of amides is 2. The third-order valence-corrected chi connectivity index (χ3v) is 5.27. The van der Waals surface area contributed by atoms with Crippen molar-refractivity contribution in [3.8, 4) is 5.75 Å².